The normalized spacial score (nSPS) is 19.2. The molecular formula is C16H19BrFNO3. The number of likely N-dealkylation sites (tertiary alicyclic amines) is 1. The average Bonchev–Trinajstić information content (AvgIpc) is 2.89. The molecule has 1 aromatic rings. The van der Waals surface area contributed by atoms with Gasteiger partial charge in [0.1, 0.15) is 5.82 Å². The van der Waals surface area contributed by atoms with Crippen molar-refractivity contribution in [3.05, 3.63) is 34.1 Å². The number of amides is 1. The van der Waals surface area contributed by atoms with Gasteiger partial charge in [0.05, 0.1) is 10.9 Å². The van der Waals surface area contributed by atoms with Crippen LogP contribution in [-0.4, -0.2) is 34.5 Å². The van der Waals surface area contributed by atoms with Crippen LogP contribution in [0.4, 0.5) is 4.39 Å². The number of carboxylic acids is 1. The number of carbonyl (C=O) groups is 2. The van der Waals surface area contributed by atoms with Crippen molar-refractivity contribution in [2.75, 3.05) is 6.54 Å². The van der Waals surface area contributed by atoms with Crippen molar-refractivity contribution in [1.29, 1.82) is 0 Å². The summed E-state index contributed by atoms with van der Waals surface area (Å²) in [7, 11) is 0. The summed E-state index contributed by atoms with van der Waals surface area (Å²) in [5.74, 6) is -1.49. The number of benzene rings is 1. The highest BCUT2D eigenvalue weighted by Gasteiger charge is 2.32. The molecule has 1 saturated heterocycles. The van der Waals surface area contributed by atoms with Gasteiger partial charge in [-0.25, -0.2) is 4.39 Å². The largest absolute Gasteiger partial charge is 0.481 e. The van der Waals surface area contributed by atoms with Crippen LogP contribution in [0.15, 0.2) is 22.7 Å². The summed E-state index contributed by atoms with van der Waals surface area (Å²) in [6, 6.07) is 4.52. The van der Waals surface area contributed by atoms with E-state index in [2.05, 4.69) is 15.9 Å². The lowest BCUT2D eigenvalue weighted by atomic mass is 9.99. The van der Waals surface area contributed by atoms with Crippen molar-refractivity contribution in [2.24, 2.45) is 5.92 Å². The molecule has 1 aromatic carbocycles. The molecule has 120 valence electrons. The van der Waals surface area contributed by atoms with Gasteiger partial charge >= 0.3 is 5.97 Å². The topological polar surface area (TPSA) is 57.6 Å². The van der Waals surface area contributed by atoms with Gasteiger partial charge < -0.3 is 10.0 Å². The highest BCUT2D eigenvalue weighted by Crippen LogP contribution is 2.24. The third-order valence-corrected chi connectivity index (χ3v) is 4.63. The Morgan fingerprint density at radius 1 is 1.50 bits per heavy atom. The van der Waals surface area contributed by atoms with Crippen molar-refractivity contribution < 1.29 is 19.1 Å². The summed E-state index contributed by atoms with van der Waals surface area (Å²) in [6.45, 7) is 2.45. The van der Waals surface area contributed by atoms with Crippen LogP contribution >= 0.6 is 15.9 Å². The number of carboxylic acid groups (broad SMARTS) is 1. The summed E-state index contributed by atoms with van der Waals surface area (Å²) in [4.78, 5) is 25.1. The molecule has 0 saturated carbocycles. The molecule has 6 heteroatoms. The third kappa shape index (κ3) is 4.06. The second-order valence-corrected chi connectivity index (χ2v) is 6.63. The minimum absolute atomic E-state index is 0.000552. The zero-order valence-corrected chi connectivity index (χ0v) is 14.0. The monoisotopic (exact) mass is 371 g/mol. The van der Waals surface area contributed by atoms with Gasteiger partial charge in [-0.1, -0.05) is 13.0 Å². The van der Waals surface area contributed by atoms with Gasteiger partial charge in [0.2, 0.25) is 5.91 Å². The zero-order valence-electron chi connectivity index (χ0n) is 12.4. The van der Waals surface area contributed by atoms with Crippen molar-refractivity contribution in [3.8, 4) is 0 Å². The van der Waals surface area contributed by atoms with E-state index in [0.29, 0.717) is 17.4 Å². The maximum Gasteiger partial charge on any atom is 0.305 e. The predicted molar refractivity (Wildman–Crippen MR) is 84.0 cm³/mol. The zero-order chi connectivity index (χ0) is 16.3. The van der Waals surface area contributed by atoms with Gasteiger partial charge in [-0.3, -0.25) is 9.59 Å². The first-order chi connectivity index (χ1) is 10.4. The van der Waals surface area contributed by atoms with Crippen molar-refractivity contribution >= 4 is 27.8 Å². The molecule has 0 aliphatic carbocycles. The lowest BCUT2D eigenvalue weighted by Crippen LogP contribution is -2.40. The molecule has 2 unspecified atom stereocenters. The van der Waals surface area contributed by atoms with E-state index in [0.717, 1.165) is 18.4 Å². The molecule has 1 aliphatic heterocycles. The number of hydrogen-bond donors (Lipinski definition) is 1. The number of hydrogen-bond acceptors (Lipinski definition) is 2. The summed E-state index contributed by atoms with van der Waals surface area (Å²) in [5, 5.41) is 8.93. The molecule has 22 heavy (non-hydrogen) atoms. The maximum atomic E-state index is 13.2. The standard InChI is InChI=1S/C16H19BrFNO3/c1-10(7-11-4-5-14(18)13(17)8-11)16(22)19-6-2-3-12(19)9-15(20)21/h4-5,8,10,12H,2-3,6-7,9H2,1H3,(H,20,21). The smallest absolute Gasteiger partial charge is 0.305 e. The van der Waals surface area contributed by atoms with Gasteiger partial charge in [0.25, 0.3) is 0 Å². The van der Waals surface area contributed by atoms with Crippen molar-refractivity contribution in [1.82, 2.24) is 4.90 Å². The Balaban J connectivity index is 2.01. The van der Waals surface area contributed by atoms with Gasteiger partial charge in [0, 0.05) is 18.5 Å². The molecule has 0 aromatic heterocycles. The molecule has 1 fully saturated rings. The van der Waals surface area contributed by atoms with Crippen LogP contribution in [0.2, 0.25) is 0 Å². The minimum atomic E-state index is -0.875. The van der Waals surface area contributed by atoms with Crippen molar-refractivity contribution in [2.45, 2.75) is 38.6 Å². The van der Waals surface area contributed by atoms with E-state index in [1.807, 2.05) is 6.92 Å². The number of aliphatic carboxylic acids is 1. The number of halogens is 2. The van der Waals surface area contributed by atoms with Gasteiger partial charge in [0.15, 0.2) is 0 Å². The molecule has 0 spiro atoms. The number of nitrogens with zero attached hydrogens (tertiary/aromatic N) is 1. The van der Waals surface area contributed by atoms with Crippen LogP contribution in [0.25, 0.3) is 0 Å². The van der Waals surface area contributed by atoms with Crippen molar-refractivity contribution in [3.63, 3.8) is 0 Å². The second-order valence-electron chi connectivity index (χ2n) is 5.78. The summed E-state index contributed by atoms with van der Waals surface area (Å²) in [6.07, 6.45) is 2.10. The Morgan fingerprint density at radius 3 is 2.86 bits per heavy atom. The molecule has 0 bridgehead atoms. The minimum Gasteiger partial charge on any atom is -0.481 e. The van der Waals surface area contributed by atoms with Gasteiger partial charge in [-0.05, 0) is 52.9 Å². The molecule has 4 nitrogen and oxygen atoms in total. The lowest BCUT2D eigenvalue weighted by Gasteiger charge is -2.26. The Morgan fingerprint density at radius 2 is 2.23 bits per heavy atom. The summed E-state index contributed by atoms with van der Waals surface area (Å²) < 4.78 is 13.6. The number of carbonyl (C=O) groups excluding carboxylic acids is 1. The highest BCUT2D eigenvalue weighted by atomic mass is 79.9. The van der Waals surface area contributed by atoms with Crippen LogP contribution in [0.3, 0.4) is 0 Å². The second kappa shape index (κ2) is 7.22. The van der Waals surface area contributed by atoms with E-state index in [-0.39, 0.29) is 30.1 Å². The van der Waals surface area contributed by atoms with Crippen LogP contribution in [0, 0.1) is 11.7 Å². The molecule has 1 heterocycles. The van der Waals surface area contributed by atoms with Crippen LogP contribution < -0.4 is 0 Å². The van der Waals surface area contributed by atoms with Gasteiger partial charge in [-0.15, -0.1) is 0 Å². The van der Waals surface area contributed by atoms with Crippen LogP contribution in [0.1, 0.15) is 31.7 Å². The van der Waals surface area contributed by atoms with E-state index in [4.69, 9.17) is 5.11 Å². The molecular weight excluding hydrogens is 353 g/mol. The first kappa shape index (κ1) is 16.9. The predicted octanol–water partition coefficient (Wildman–Crippen LogP) is 3.23. The fourth-order valence-corrected chi connectivity index (χ4v) is 3.36. The Bertz CT molecular complexity index is 579. The first-order valence-electron chi connectivity index (χ1n) is 7.34. The first-order valence-corrected chi connectivity index (χ1v) is 8.14. The van der Waals surface area contributed by atoms with E-state index in [1.165, 1.54) is 6.07 Å². The summed E-state index contributed by atoms with van der Waals surface area (Å²) in [5.41, 5.74) is 0.878. The average molecular weight is 372 g/mol. The molecule has 1 N–H and O–H groups in total. The summed E-state index contributed by atoms with van der Waals surface area (Å²) >= 11 is 3.14. The molecule has 0 radical (unpaired) electrons. The Hall–Kier alpha value is -1.43. The molecule has 1 aliphatic rings. The lowest BCUT2D eigenvalue weighted by molar-refractivity contribution is -0.141. The van der Waals surface area contributed by atoms with Crippen LogP contribution in [-0.2, 0) is 16.0 Å². The van der Waals surface area contributed by atoms with Crippen LogP contribution in [0.5, 0.6) is 0 Å². The highest BCUT2D eigenvalue weighted by molar-refractivity contribution is 9.10. The Labute approximate surface area is 137 Å². The maximum absolute atomic E-state index is 13.2. The third-order valence-electron chi connectivity index (χ3n) is 4.02. The van der Waals surface area contributed by atoms with E-state index < -0.39 is 5.97 Å². The molecule has 2 atom stereocenters. The molecule has 2 rings (SSSR count). The van der Waals surface area contributed by atoms with Gasteiger partial charge in [-0.2, -0.15) is 0 Å². The van der Waals surface area contributed by atoms with E-state index in [1.54, 1.807) is 17.0 Å². The quantitative estimate of drug-likeness (QED) is 0.864. The van der Waals surface area contributed by atoms with E-state index >= 15 is 0 Å². The SMILES string of the molecule is CC(Cc1ccc(F)c(Br)c1)C(=O)N1CCCC1CC(=O)O. The Kier molecular flexibility index (Phi) is 5.56. The van der Waals surface area contributed by atoms with E-state index in [9.17, 15) is 14.0 Å². The fourth-order valence-electron chi connectivity index (χ4n) is 2.93. The molecule has 1 amide bonds. The fraction of sp³-hybridized carbons (Fsp3) is 0.500. The number of rotatable bonds is 5.